The van der Waals surface area contributed by atoms with Crippen LogP contribution in [0.3, 0.4) is 0 Å². The number of carboxylic acid groups (broad SMARTS) is 1. The van der Waals surface area contributed by atoms with Gasteiger partial charge >= 0.3 is 5.97 Å². The number of ether oxygens (including phenoxy) is 2. The van der Waals surface area contributed by atoms with Crippen molar-refractivity contribution in [3.05, 3.63) is 27.0 Å². The summed E-state index contributed by atoms with van der Waals surface area (Å²) < 4.78 is 11.9. The van der Waals surface area contributed by atoms with Gasteiger partial charge in [-0.2, -0.15) is 0 Å². The topological polar surface area (TPSA) is 84.9 Å². The molecule has 0 heterocycles. The van der Waals surface area contributed by atoms with Crippen LogP contribution in [0, 0.1) is 3.57 Å². The van der Waals surface area contributed by atoms with E-state index in [9.17, 15) is 9.59 Å². The molecule has 1 amide bonds. The lowest BCUT2D eigenvalue weighted by molar-refractivity contribution is -0.134. The van der Waals surface area contributed by atoms with E-state index >= 15 is 0 Å². The molecule has 0 atom stereocenters. The number of carboxylic acids is 1. The van der Waals surface area contributed by atoms with Crippen LogP contribution in [0.2, 0.25) is 0 Å². The number of nitrogens with one attached hydrogen (secondary N) is 1. The van der Waals surface area contributed by atoms with E-state index in [1.807, 2.05) is 13.8 Å². The van der Waals surface area contributed by atoms with Crippen LogP contribution < -0.4 is 14.8 Å². The number of rotatable bonds is 7. The Morgan fingerprint density at radius 3 is 2.41 bits per heavy atom. The van der Waals surface area contributed by atoms with Crippen LogP contribution in [0.25, 0.3) is 6.08 Å². The summed E-state index contributed by atoms with van der Waals surface area (Å²) in [6, 6.07) is 3.44. The normalized spacial score (nSPS) is 11.0. The lowest BCUT2D eigenvalue weighted by atomic mass is 10.1. The van der Waals surface area contributed by atoms with E-state index in [0.717, 1.165) is 3.57 Å². The van der Waals surface area contributed by atoms with Crippen LogP contribution in [0.1, 0.15) is 26.3 Å². The van der Waals surface area contributed by atoms with E-state index < -0.39 is 11.9 Å². The summed E-state index contributed by atoms with van der Waals surface area (Å²) >= 11 is 2.10. The molecule has 7 heteroatoms. The number of aliphatic carboxylic acids is 1. The molecule has 1 rings (SSSR count). The third-order valence-corrected chi connectivity index (χ3v) is 3.27. The Morgan fingerprint density at radius 2 is 1.91 bits per heavy atom. The minimum absolute atomic E-state index is 0.199. The van der Waals surface area contributed by atoms with Crippen molar-refractivity contribution in [1.82, 2.24) is 5.32 Å². The number of carbonyl (C=O) groups is 2. The van der Waals surface area contributed by atoms with Crippen LogP contribution in [-0.4, -0.2) is 30.2 Å². The zero-order valence-corrected chi connectivity index (χ0v) is 14.8. The molecular formula is C15H18INO5. The van der Waals surface area contributed by atoms with E-state index in [-0.39, 0.29) is 5.70 Å². The standard InChI is InChI=1S/C15H18INO5/c1-4-21-13-8-10(6-11(16)14(13)22-5-2)7-12(15(19)20)17-9(3)18/h6-8H,4-5H2,1-3H3,(H,17,18)(H,19,20)/b12-7+. The Labute approximate surface area is 142 Å². The van der Waals surface area contributed by atoms with Gasteiger partial charge in [0.05, 0.1) is 16.8 Å². The van der Waals surface area contributed by atoms with Gasteiger partial charge in [0.1, 0.15) is 5.70 Å². The zero-order valence-electron chi connectivity index (χ0n) is 12.6. The maximum atomic E-state index is 11.2. The Kier molecular flexibility index (Phi) is 7.16. The molecule has 0 saturated heterocycles. The molecule has 22 heavy (non-hydrogen) atoms. The summed E-state index contributed by atoms with van der Waals surface area (Å²) in [5, 5.41) is 11.4. The SMILES string of the molecule is CCOc1cc(/C=C(/NC(C)=O)C(=O)O)cc(I)c1OCC. The van der Waals surface area contributed by atoms with E-state index in [4.69, 9.17) is 14.6 Å². The molecule has 0 saturated carbocycles. The second kappa shape index (κ2) is 8.62. The molecule has 0 aromatic heterocycles. The number of halogens is 1. The van der Waals surface area contributed by atoms with Crippen molar-refractivity contribution < 1.29 is 24.2 Å². The molecule has 0 aliphatic carbocycles. The molecule has 0 spiro atoms. The van der Waals surface area contributed by atoms with Crippen molar-refractivity contribution in [3.8, 4) is 11.5 Å². The minimum Gasteiger partial charge on any atom is -0.490 e. The smallest absolute Gasteiger partial charge is 0.352 e. The van der Waals surface area contributed by atoms with Gasteiger partial charge in [-0.1, -0.05) is 0 Å². The van der Waals surface area contributed by atoms with Crippen molar-refractivity contribution in [3.63, 3.8) is 0 Å². The fraction of sp³-hybridized carbons (Fsp3) is 0.333. The Balaban J connectivity index is 3.29. The summed E-state index contributed by atoms with van der Waals surface area (Å²) in [5.41, 5.74) is 0.400. The van der Waals surface area contributed by atoms with Gasteiger partial charge in [0, 0.05) is 6.92 Å². The van der Waals surface area contributed by atoms with Gasteiger partial charge in [0.15, 0.2) is 11.5 Å². The van der Waals surface area contributed by atoms with Gasteiger partial charge < -0.3 is 19.9 Å². The molecule has 120 valence electrons. The first-order valence-electron chi connectivity index (χ1n) is 6.70. The lowest BCUT2D eigenvalue weighted by Gasteiger charge is -2.14. The highest BCUT2D eigenvalue weighted by molar-refractivity contribution is 14.1. The van der Waals surface area contributed by atoms with Gasteiger partial charge in [-0.05, 0) is 60.2 Å². The summed E-state index contributed by atoms with van der Waals surface area (Å²) in [5.74, 6) is -0.495. The van der Waals surface area contributed by atoms with E-state index in [0.29, 0.717) is 30.3 Å². The highest BCUT2D eigenvalue weighted by Crippen LogP contribution is 2.34. The van der Waals surface area contributed by atoms with Gasteiger partial charge in [0.25, 0.3) is 0 Å². The fourth-order valence-electron chi connectivity index (χ4n) is 1.73. The number of amides is 1. The van der Waals surface area contributed by atoms with Crippen LogP contribution in [0.4, 0.5) is 0 Å². The summed E-state index contributed by atoms with van der Waals surface area (Å²) in [6.45, 7) is 5.94. The van der Waals surface area contributed by atoms with Crippen molar-refractivity contribution in [2.45, 2.75) is 20.8 Å². The predicted molar refractivity (Wildman–Crippen MR) is 90.9 cm³/mol. The Morgan fingerprint density at radius 1 is 1.27 bits per heavy atom. The van der Waals surface area contributed by atoms with Gasteiger partial charge in [0.2, 0.25) is 5.91 Å². The molecule has 1 aromatic carbocycles. The van der Waals surface area contributed by atoms with Crippen LogP contribution >= 0.6 is 22.6 Å². The van der Waals surface area contributed by atoms with Crippen molar-refractivity contribution in [2.75, 3.05) is 13.2 Å². The van der Waals surface area contributed by atoms with Gasteiger partial charge in [-0.25, -0.2) is 4.79 Å². The molecule has 6 nitrogen and oxygen atoms in total. The molecule has 0 unspecified atom stereocenters. The maximum Gasteiger partial charge on any atom is 0.352 e. The first-order chi connectivity index (χ1) is 10.4. The molecule has 0 radical (unpaired) electrons. The predicted octanol–water partition coefficient (Wildman–Crippen LogP) is 2.65. The summed E-state index contributed by atoms with van der Waals surface area (Å²) in [4.78, 5) is 22.2. The van der Waals surface area contributed by atoms with Crippen molar-refractivity contribution >= 4 is 40.5 Å². The van der Waals surface area contributed by atoms with Gasteiger partial charge in [-0.3, -0.25) is 4.79 Å². The van der Waals surface area contributed by atoms with Crippen LogP contribution in [-0.2, 0) is 9.59 Å². The van der Waals surface area contributed by atoms with Crippen molar-refractivity contribution in [1.29, 1.82) is 0 Å². The molecule has 2 N–H and O–H groups in total. The quantitative estimate of drug-likeness (QED) is 0.525. The average Bonchev–Trinajstić information content (AvgIpc) is 2.41. The van der Waals surface area contributed by atoms with Crippen LogP contribution in [0.5, 0.6) is 11.5 Å². The maximum absolute atomic E-state index is 11.2. The highest BCUT2D eigenvalue weighted by atomic mass is 127. The number of carbonyl (C=O) groups excluding carboxylic acids is 1. The molecule has 0 aliphatic rings. The largest absolute Gasteiger partial charge is 0.490 e. The highest BCUT2D eigenvalue weighted by Gasteiger charge is 2.14. The number of hydrogen-bond donors (Lipinski definition) is 2. The minimum atomic E-state index is -1.21. The third-order valence-electron chi connectivity index (χ3n) is 2.47. The van der Waals surface area contributed by atoms with Crippen LogP contribution in [0.15, 0.2) is 17.8 Å². The monoisotopic (exact) mass is 419 g/mol. The molecule has 1 aromatic rings. The van der Waals surface area contributed by atoms with E-state index in [2.05, 4.69) is 27.9 Å². The first-order valence-corrected chi connectivity index (χ1v) is 7.78. The molecule has 0 aliphatic heterocycles. The molecule has 0 fully saturated rings. The molecule has 0 bridgehead atoms. The van der Waals surface area contributed by atoms with E-state index in [1.165, 1.54) is 13.0 Å². The second-order valence-electron chi connectivity index (χ2n) is 4.24. The Hall–Kier alpha value is -1.77. The third kappa shape index (κ3) is 5.21. The number of hydrogen-bond acceptors (Lipinski definition) is 4. The van der Waals surface area contributed by atoms with E-state index in [1.54, 1.807) is 12.1 Å². The second-order valence-corrected chi connectivity index (χ2v) is 5.40. The van der Waals surface area contributed by atoms with Crippen molar-refractivity contribution in [2.24, 2.45) is 0 Å². The molecular weight excluding hydrogens is 401 g/mol. The first kappa shape index (κ1) is 18.3. The number of benzene rings is 1. The summed E-state index contributed by atoms with van der Waals surface area (Å²) in [6.07, 6.45) is 1.38. The Bertz CT molecular complexity index is 598. The summed E-state index contributed by atoms with van der Waals surface area (Å²) in [7, 11) is 0. The zero-order chi connectivity index (χ0) is 16.7. The average molecular weight is 419 g/mol. The van der Waals surface area contributed by atoms with Gasteiger partial charge in [-0.15, -0.1) is 0 Å². The fourth-order valence-corrected chi connectivity index (χ4v) is 2.51. The lowest BCUT2D eigenvalue weighted by Crippen LogP contribution is -2.24.